The van der Waals surface area contributed by atoms with Crippen LogP contribution in [0.4, 0.5) is 8.78 Å². The quantitative estimate of drug-likeness (QED) is 0.733. The molecule has 0 aliphatic rings. The van der Waals surface area contributed by atoms with Crippen LogP contribution >= 0.6 is 0 Å². The number of methoxy groups -OCH3 is 1. The van der Waals surface area contributed by atoms with Crippen LogP contribution < -0.4 is 4.74 Å². The Labute approximate surface area is 104 Å². The van der Waals surface area contributed by atoms with Crippen molar-refractivity contribution in [2.45, 2.75) is 0 Å². The summed E-state index contributed by atoms with van der Waals surface area (Å²) in [6, 6.07) is 9.53. The zero-order valence-electron chi connectivity index (χ0n) is 9.71. The molecule has 0 aliphatic heterocycles. The van der Waals surface area contributed by atoms with Gasteiger partial charge in [0.15, 0.2) is 11.6 Å². The summed E-state index contributed by atoms with van der Waals surface area (Å²) in [5, 5.41) is 0. The van der Waals surface area contributed by atoms with Crippen LogP contribution in [0.15, 0.2) is 36.4 Å². The molecule has 2 rings (SSSR count). The van der Waals surface area contributed by atoms with Gasteiger partial charge < -0.3 is 4.74 Å². The average molecular weight is 244 g/mol. The minimum atomic E-state index is -0.990. The third kappa shape index (κ3) is 2.05. The molecule has 0 aliphatic carbocycles. The maximum absolute atomic E-state index is 13.8. The zero-order chi connectivity index (χ0) is 13.1. The maximum Gasteiger partial charge on any atom is 0.201 e. The van der Waals surface area contributed by atoms with Gasteiger partial charge in [0.2, 0.25) is 5.82 Å². The third-order valence-electron chi connectivity index (χ3n) is 2.63. The predicted molar refractivity (Wildman–Crippen MR) is 66.3 cm³/mol. The lowest BCUT2D eigenvalue weighted by atomic mass is 10.0. The molecular formula is C15H10F2O. The summed E-state index contributed by atoms with van der Waals surface area (Å²) in [6.45, 7) is 0. The van der Waals surface area contributed by atoms with E-state index >= 15 is 0 Å². The van der Waals surface area contributed by atoms with Crippen LogP contribution in [0.5, 0.6) is 5.75 Å². The minimum Gasteiger partial charge on any atom is -0.494 e. The molecule has 90 valence electrons. The van der Waals surface area contributed by atoms with E-state index in [-0.39, 0.29) is 11.3 Å². The summed E-state index contributed by atoms with van der Waals surface area (Å²) >= 11 is 0. The molecule has 0 saturated heterocycles. The highest BCUT2D eigenvalue weighted by Gasteiger charge is 2.14. The molecule has 2 aromatic carbocycles. The molecule has 0 aromatic heterocycles. The summed E-state index contributed by atoms with van der Waals surface area (Å²) in [5.41, 5.74) is 1.43. The molecule has 18 heavy (non-hydrogen) atoms. The summed E-state index contributed by atoms with van der Waals surface area (Å²) < 4.78 is 32.1. The van der Waals surface area contributed by atoms with Gasteiger partial charge in [0, 0.05) is 11.1 Å². The lowest BCUT2D eigenvalue weighted by molar-refractivity contribution is 0.372. The fourth-order valence-corrected chi connectivity index (χ4v) is 1.66. The highest BCUT2D eigenvalue weighted by Crippen LogP contribution is 2.29. The van der Waals surface area contributed by atoms with Crippen LogP contribution in [-0.2, 0) is 0 Å². The molecule has 0 spiro atoms. The van der Waals surface area contributed by atoms with E-state index < -0.39 is 11.6 Å². The first-order valence-electron chi connectivity index (χ1n) is 5.26. The monoisotopic (exact) mass is 244 g/mol. The van der Waals surface area contributed by atoms with Crippen molar-refractivity contribution in [1.29, 1.82) is 0 Å². The van der Waals surface area contributed by atoms with Crippen LogP contribution in [0.1, 0.15) is 5.56 Å². The molecule has 3 heteroatoms. The first kappa shape index (κ1) is 12.1. The Morgan fingerprint density at radius 1 is 1.00 bits per heavy atom. The van der Waals surface area contributed by atoms with Crippen LogP contribution in [0.25, 0.3) is 11.1 Å². The second-order valence-corrected chi connectivity index (χ2v) is 3.67. The molecule has 1 nitrogen and oxygen atoms in total. The molecular weight excluding hydrogens is 234 g/mol. The Morgan fingerprint density at radius 3 is 2.22 bits per heavy atom. The van der Waals surface area contributed by atoms with Gasteiger partial charge in [-0.3, -0.25) is 0 Å². The fourth-order valence-electron chi connectivity index (χ4n) is 1.66. The van der Waals surface area contributed by atoms with E-state index in [4.69, 9.17) is 11.2 Å². The molecule has 0 saturated carbocycles. The summed E-state index contributed by atoms with van der Waals surface area (Å²) in [6.07, 6.45) is 5.23. The van der Waals surface area contributed by atoms with E-state index in [1.165, 1.54) is 19.2 Å². The Morgan fingerprint density at radius 2 is 1.67 bits per heavy atom. The zero-order valence-corrected chi connectivity index (χ0v) is 9.71. The van der Waals surface area contributed by atoms with Crippen LogP contribution in [-0.4, -0.2) is 7.11 Å². The van der Waals surface area contributed by atoms with Crippen LogP contribution in [0.2, 0.25) is 0 Å². The topological polar surface area (TPSA) is 9.23 Å². The van der Waals surface area contributed by atoms with Crippen molar-refractivity contribution in [2.24, 2.45) is 0 Å². The molecule has 0 N–H and O–H groups in total. The number of halogens is 2. The lowest BCUT2D eigenvalue weighted by Crippen LogP contribution is -1.94. The lowest BCUT2D eigenvalue weighted by Gasteiger charge is -2.07. The molecule has 0 unspecified atom stereocenters. The standard InChI is InChI=1S/C15H10F2O/c1-3-10-4-6-11(7-5-10)12-8-9-13(18-2)15(17)14(12)16/h1,4-9H,2H3. The fraction of sp³-hybridized carbons (Fsp3) is 0.0667. The average Bonchev–Trinajstić information content (AvgIpc) is 2.42. The molecule has 0 heterocycles. The van der Waals surface area contributed by atoms with Gasteiger partial charge in [0.25, 0.3) is 0 Å². The SMILES string of the molecule is C#Cc1ccc(-c2ccc(OC)c(F)c2F)cc1. The van der Waals surface area contributed by atoms with Gasteiger partial charge in [-0.15, -0.1) is 6.42 Å². The van der Waals surface area contributed by atoms with E-state index in [0.29, 0.717) is 11.1 Å². The van der Waals surface area contributed by atoms with Gasteiger partial charge in [0.05, 0.1) is 7.11 Å². The van der Waals surface area contributed by atoms with Gasteiger partial charge in [-0.25, -0.2) is 4.39 Å². The molecule has 2 aromatic rings. The molecule has 0 atom stereocenters. The van der Waals surface area contributed by atoms with E-state index in [2.05, 4.69) is 5.92 Å². The maximum atomic E-state index is 13.8. The first-order chi connectivity index (χ1) is 8.67. The van der Waals surface area contributed by atoms with E-state index in [1.54, 1.807) is 24.3 Å². The molecule has 0 bridgehead atoms. The van der Waals surface area contributed by atoms with Crippen LogP contribution in [0, 0.1) is 24.0 Å². The van der Waals surface area contributed by atoms with Crippen LogP contribution in [0.3, 0.4) is 0 Å². The Bertz CT molecular complexity index is 610. The van der Waals surface area contributed by atoms with Gasteiger partial charge in [-0.2, -0.15) is 4.39 Å². The van der Waals surface area contributed by atoms with E-state index in [9.17, 15) is 8.78 Å². The van der Waals surface area contributed by atoms with Crippen molar-refractivity contribution >= 4 is 0 Å². The number of rotatable bonds is 2. The summed E-state index contributed by atoms with van der Waals surface area (Å²) in [5.74, 6) is 0.430. The molecule has 0 amide bonds. The minimum absolute atomic E-state index is 0.114. The van der Waals surface area contributed by atoms with Crippen molar-refractivity contribution in [1.82, 2.24) is 0 Å². The Hall–Kier alpha value is -2.34. The first-order valence-corrected chi connectivity index (χ1v) is 5.26. The smallest absolute Gasteiger partial charge is 0.201 e. The number of hydrogen-bond donors (Lipinski definition) is 0. The van der Waals surface area contributed by atoms with Gasteiger partial charge >= 0.3 is 0 Å². The normalized spacial score (nSPS) is 9.89. The van der Waals surface area contributed by atoms with Crippen molar-refractivity contribution < 1.29 is 13.5 Å². The molecule has 0 radical (unpaired) electrons. The number of hydrogen-bond acceptors (Lipinski definition) is 1. The van der Waals surface area contributed by atoms with Crippen molar-refractivity contribution in [2.75, 3.05) is 7.11 Å². The Balaban J connectivity index is 2.51. The third-order valence-corrected chi connectivity index (χ3v) is 2.63. The highest BCUT2D eigenvalue weighted by molar-refractivity contribution is 5.66. The predicted octanol–water partition coefficient (Wildman–Crippen LogP) is 3.62. The number of terminal acetylenes is 1. The van der Waals surface area contributed by atoms with Crippen molar-refractivity contribution in [3.8, 4) is 29.2 Å². The largest absolute Gasteiger partial charge is 0.494 e. The van der Waals surface area contributed by atoms with Crippen molar-refractivity contribution in [3.63, 3.8) is 0 Å². The second kappa shape index (κ2) is 4.89. The van der Waals surface area contributed by atoms with Gasteiger partial charge in [-0.05, 0) is 29.8 Å². The second-order valence-electron chi connectivity index (χ2n) is 3.67. The van der Waals surface area contributed by atoms with E-state index in [1.807, 2.05) is 0 Å². The number of benzene rings is 2. The summed E-state index contributed by atoms with van der Waals surface area (Å²) in [7, 11) is 1.29. The number of ether oxygens (including phenoxy) is 1. The van der Waals surface area contributed by atoms with E-state index in [0.717, 1.165) is 0 Å². The Kier molecular flexibility index (Phi) is 3.29. The highest BCUT2D eigenvalue weighted by atomic mass is 19.2. The van der Waals surface area contributed by atoms with Crippen molar-refractivity contribution in [3.05, 3.63) is 53.6 Å². The summed E-state index contributed by atoms with van der Waals surface area (Å²) in [4.78, 5) is 0. The van der Waals surface area contributed by atoms with Gasteiger partial charge in [-0.1, -0.05) is 18.1 Å². The molecule has 0 fully saturated rings. The van der Waals surface area contributed by atoms with Gasteiger partial charge in [0.1, 0.15) is 0 Å².